The van der Waals surface area contributed by atoms with Crippen molar-refractivity contribution in [1.82, 2.24) is 0 Å². The second kappa shape index (κ2) is 6.99. The minimum Gasteiger partial charge on any atom is -0.545 e. The molecule has 4 rings (SSSR count). The number of furan rings is 1. The highest BCUT2D eigenvalue weighted by Crippen LogP contribution is 2.42. The molecule has 2 aliphatic rings. The Balaban J connectivity index is 2.11. The molecule has 0 saturated carbocycles. The number of carbonyl (C=O) groups is 1. The number of carboxylic acid groups (broad SMARTS) is 1. The summed E-state index contributed by atoms with van der Waals surface area (Å²) in [6, 6.07) is 7.88. The van der Waals surface area contributed by atoms with E-state index in [0.717, 1.165) is 28.1 Å². The maximum atomic E-state index is 11.8. The maximum Gasteiger partial charge on any atom is 0.199 e. The van der Waals surface area contributed by atoms with Crippen molar-refractivity contribution in [1.29, 1.82) is 0 Å². The van der Waals surface area contributed by atoms with Crippen LogP contribution in [-0.4, -0.2) is 52.5 Å². The van der Waals surface area contributed by atoms with Gasteiger partial charge in [-0.3, -0.25) is 0 Å². The smallest absolute Gasteiger partial charge is 0.199 e. The molecule has 0 saturated heterocycles. The highest BCUT2D eigenvalue weighted by atomic mass is 28.3. The third-order valence-corrected chi connectivity index (χ3v) is 9.56. The van der Waals surface area contributed by atoms with Crippen LogP contribution in [0.4, 0.5) is 5.69 Å². The first-order valence-electron chi connectivity index (χ1n) is 9.93. The van der Waals surface area contributed by atoms with E-state index in [1.54, 1.807) is 0 Å². The fourth-order valence-corrected chi connectivity index (χ4v) is 7.36. The highest BCUT2D eigenvalue weighted by molar-refractivity contribution is 6.98. The summed E-state index contributed by atoms with van der Waals surface area (Å²) in [6.45, 7) is 4.70. The van der Waals surface area contributed by atoms with E-state index in [1.807, 2.05) is 28.2 Å². The number of rotatable bonds is 3. The SMILES string of the molecule is CN(C)c1ccc2c(c1)[Si](C)(C)C1=CC(=[N+](C)C)C=CC1=C2c1occc1C(=O)[O-]. The van der Waals surface area contributed by atoms with E-state index in [1.165, 1.54) is 22.7 Å². The summed E-state index contributed by atoms with van der Waals surface area (Å²) in [5.74, 6) is -0.872. The number of nitrogens with zero attached hydrogens (tertiary/aromatic N) is 2. The molecule has 2 aromatic rings. The first-order chi connectivity index (χ1) is 14.1. The Kier molecular flexibility index (Phi) is 4.70. The molecule has 1 aromatic carbocycles. The van der Waals surface area contributed by atoms with E-state index >= 15 is 0 Å². The van der Waals surface area contributed by atoms with Gasteiger partial charge in [0, 0.05) is 43.1 Å². The van der Waals surface area contributed by atoms with Gasteiger partial charge in [-0.05, 0) is 45.8 Å². The summed E-state index contributed by atoms with van der Waals surface area (Å²) >= 11 is 0. The number of aromatic carboxylic acids is 1. The van der Waals surface area contributed by atoms with E-state index in [-0.39, 0.29) is 5.56 Å². The summed E-state index contributed by atoms with van der Waals surface area (Å²) in [7, 11) is 6.06. The second-order valence-electron chi connectivity index (χ2n) is 8.70. The van der Waals surface area contributed by atoms with Crippen LogP contribution in [0.1, 0.15) is 21.7 Å². The zero-order valence-corrected chi connectivity index (χ0v) is 19.2. The maximum absolute atomic E-state index is 11.8. The number of carbonyl (C=O) groups excluding carboxylic acids is 1. The molecule has 30 heavy (non-hydrogen) atoms. The standard InChI is InChI=1S/C24H26N2O3Si/c1-25(2)15-7-9-17-20(13-15)30(5,6)21-14-16(26(3)4)8-10-18(21)22(17)23-19(24(27)28)11-12-29-23/h7-14H,1-6H3. The molecule has 0 N–H and O–H groups in total. The molecule has 1 aliphatic carbocycles. The van der Waals surface area contributed by atoms with E-state index in [0.29, 0.717) is 5.76 Å². The topological polar surface area (TPSA) is 59.5 Å². The Bertz CT molecular complexity index is 1190. The molecule has 0 bridgehead atoms. The van der Waals surface area contributed by atoms with Crippen molar-refractivity contribution in [2.75, 3.05) is 33.1 Å². The van der Waals surface area contributed by atoms with Crippen molar-refractivity contribution >= 4 is 36.2 Å². The zero-order chi connectivity index (χ0) is 21.8. The quantitative estimate of drug-likeness (QED) is 0.566. The number of carboxylic acids is 1. The normalized spacial score (nSPS) is 16.7. The number of allylic oxidation sites excluding steroid dienone is 5. The fraction of sp³-hybridized carbons (Fsp3) is 0.250. The third kappa shape index (κ3) is 2.99. The molecular weight excluding hydrogens is 392 g/mol. The van der Waals surface area contributed by atoms with Gasteiger partial charge in [0.2, 0.25) is 0 Å². The Hall–Kier alpha value is -3.12. The molecule has 0 unspecified atom stereocenters. The van der Waals surface area contributed by atoms with E-state index in [9.17, 15) is 9.90 Å². The number of hydrogen-bond acceptors (Lipinski definition) is 4. The van der Waals surface area contributed by atoms with E-state index in [2.05, 4.69) is 59.0 Å². The molecule has 5 nitrogen and oxygen atoms in total. The Morgan fingerprint density at radius 2 is 1.87 bits per heavy atom. The minimum atomic E-state index is -2.06. The lowest BCUT2D eigenvalue weighted by molar-refractivity contribution is -0.462. The monoisotopic (exact) mass is 418 g/mol. The van der Waals surface area contributed by atoms with Gasteiger partial charge in [-0.2, -0.15) is 0 Å². The first-order valence-corrected chi connectivity index (χ1v) is 12.9. The van der Waals surface area contributed by atoms with E-state index in [4.69, 9.17) is 4.42 Å². The molecule has 1 aromatic heterocycles. The molecule has 154 valence electrons. The van der Waals surface area contributed by atoms with Crippen LogP contribution in [0.5, 0.6) is 0 Å². The third-order valence-electron chi connectivity index (χ3n) is 6.04. The molecule has 0 amide bonds. The van der Waals surface area contributed by atoms with Crippen molar-refractivity contribution in [3.8, 4) is 0 Å². The average Bonchev–Trinajstić information content (AvgIpc) is 3.17. The number of benzene rings is 1. The second-order valence-corrected chi connectivity index (χ2v) is 13.0. The molecule has 0 fully saturated rings. The Morgan fingerprint density at radius 3 is 2.50 bits per heavy atom. The van der Waals surface area contributed by atoms with Crippen LogP contribution in [0.25, 0.3) is 5.57 Å². The van der Waals surface area contributed by atoms with Crippen LogP contribution in [0.3, 0.4) is 0 Å². The fourth-order valence-electron chi connectivity index (χ4n) is 4.29. The summed E-state index contributed by atoms with van der Waals surface area (Å²) in [5.41, 5.74) is 5.24. The lowest BCUT2D eigenvalue weighted by Crippen LogP contribution is -2.49. The largest absolute Gasteiger partial charge is 0.545 e. The summed E-state index contributed by atoms with van der Waals surface area (Å²) < 4.78 is 7.83. The Morgan fingerprint density at radius 1 is 1.13 bits per heavy atom. The molecule has 0 spiro atoms. The highest BCUT2D eigenvalue weighted by Gasteiger charge is 2.41. The number of anilines is 1. The summed E-state index contributed by atoms with van der Waals surface area (Å²) in [4.78, 5) is 13.9. The average molecular weight is 419 g/mol. The molecule has 0 atom stereocenters. The van der Waals surface area contributed by atoms with Gasteiger partial charge in [0.1, 0.15) is 27.9 Å². The molecule has 2 heterocycles. The van der Waals surface area contributed by atoms with Crippen LogP contribution >= 0.6 is 0 Å². The minimum absolute atomic E-state index is 0.0802. The molecule has 1 aliphatic heterocycles. The van der Waals surface area contributed by atoms with Crippen molar-refractivity contribution < 1.29 is 18.9 Å². The number of hydrogen-bond donors (Lipinski definition) is 0. The van der Waals surface area contributed by atoms with Gasteiger partial charge in [0.25, 0.3) is 0 Å². The van der Waals surface area contributed by atoms with Crippen LogP contribution < -0.4 is 15.2 Å². The summed E-state index contributed by atoms with van der Waals surface area (Å²) in [6.07, 6.45) is 7.84. The van der Waals surface area contributed by atoms with Gasteiger partial charge in [-0.1, -0.05) is 19.2 Å². The Labute approximate surface area is 178 Å². The van der Waals surface area contributed by atoms with E-state index < -0.39 is 14.0 Å². The van der Waals surface area contributed by atoms with Gasteiger partial charge < -0.3 is 19.2 Å². The van der Waals surface area contributed by atoms with Crippen LogP contribution in [0, 0.1) is 0 Å². The van der Waals surface area contributed by atoms with Gasteiger partial charge in [0.15, 0.2) is 5.71 Å². The van der Waals surface area contributed by atoms with Gasteiger partial charge in [-0.25, -0.2) is 4.58 Å². The van der Waals surface area contributed by atoms with Gasteiger partial charge in [-0.15, -0.1) is 0 Å². The van der Waals surface area contributed by atoms with Gasteiger partial charge >= 0.3 is 0 Å². The zero-order valence-electron chi connectivity index (χ0n) is 18.2. The first kappa shape index (κ1) is 20.2. The van der Waals surface area contributed by atoms with Crippen molar-refractivity contribution in [3.05, 3.63) is 76.4 Å². The predicted octanol–water partition coefficient (Wildman–Crippen LogP) is 2.19. The van der Waals surface area contributed by atoms with Gasteiger partial charge in [0.05, 0.1) is 12.2 Å². The summed E-state index contributed by atoms with van der Waals surface area (Å²) in [5, 5.41) is 14.3. The van der Waals surface area contributed by atoms with Crippen LogP contribution in [0.2, 0.25) is 13.1 Å². The number of fused-ring (bicyclic) bond motifs is 2. The van der Waals surface area contributed by atoms with Crippen molar-refractivity contribution in [3.63, 3.8) is 0 Å². The molecule has 0 radical (unpaired) electrons. The van der Waals surface area contributed by atoms with Crippen LogP contribution in [0.15, 0.2) is 63.9 Å². The molecular formula is C24H26N2O3Si. The molecule has 6 heteroatoms. The van der Waals surface area contributed by atoms with Crippen LogP contribution in [-0.2, 0) is 0 Å². The van der Waals surface area contributed by atoms with Crippen molar-refractivity contribution in [2.24, 2.45) is 0 Å². The predicted molar refractivity (Wildman–Crippen MR) is 121 cm³/mol. The lowest BCUT2D eigenvalue weighted by atomic mass is 9.91. The van der Waals surface area contributed by atoms with Crippen molar-refractivity contribution in [2.45, 2.75) is 13.1 Å². The lowest BCUT2D eigenvalue weighted by Gasteiger charge is -2.37.